The molecule has 0 spiro atoms. The number of nitrogens with zero attached hydrogens (tertiary/aromatic N) is 1. The highest BCUT2D eigenvalue weighted by Crippen LogP contribution is 2.46. The first-order valence-electron chi connectivity index (χ1n) is 9.56. The highest BCUT2D eigenvalue weighted by atomic mass is 35.5. The Bertz CT molecular complexity index is 1090. The van der Waals surface area contributed by atoms with Crippen LogP contribution in [0.25, 0.3) is 10.9 Å². The first-order valence-corrected chi connectivity index (χ1v) is 9.94. The van der Waals surface area contributed by atoms with Crippen LogP contribution in [-0.2, 0) is 25.5 Å². The Kier molecular flexibility index (Phi) is 5.86. The van der Waals surface area contributed by atoms with Crippen LogP contribution in [0.1, 0.15) is 50.5 Å². The molecule has 1 heterocycles. The molecule has 31 heavy (non-hydrogen) atoms. The second-order valence-electron chi connectivity index (χ2n) is 8.65. The minimum atomic E-state index is -2.78. The molecule has 0 radical (unpaired) electrons. The standard InChI is InChI=1S/C21H23ClN2O7/c1-20(2)6-13-17(18(23)11-4-3-10(22)5-12(11)24-13)14(7-20)31-16(27)9-21(30,19(28)29)8-15(25)26/h3-5,14,30H,6-9H2,1-2H3,(H2,23,24)(H,25,26)(H,28,29). The van der Waals surface area contributed by atoms with E-state index in [2.05, 4.69) is 4.98 Å². The highest BCUT2D eigenvalue weighted by Gasteiger charge is 2.43. The van der Waals surface area contributed by atoms with E-state index in [1.54, 1.807) is 18.2 Å². The van der Waals surface area contributed by atoms with Gasteiger partial charge in [0.25, 0.3) is 0 Å². The van der Waals surface area contributed by atoms with Crippen molar-refractivity contribution < 1.29 is 34.4 Å². The van der Waals surface area contributed by atoms with E-state index in [4.69, 9.17) is 27.2 Å². The number of carboxylic acids is 2. The van der Waals surface area contributed by atoms with E-state index in [1.807, 2.05) is 13.8 Å². The van der Waals surface area contributed by atoms with E-state index >= 15 is 0 Å². The number of aliphatic carboxylic acids is 2. The molecule has 0 amide bonds. The van der Waals surface area contributed by atoms with E-state index in [-0.39, 0.29) is 5.41 Å². The lowest BCUT2D eigenvalue weighted by atomic mass is 9.74. The van der Waals surface area contributed by atoms with Gasteiger partial charge in [0.15, 0.2) is 5.60 Å². The maximum absolute atomic E-state index is 12.5. The summed E-state index contributed by atoms with van der Waals surface area (Å²) in [5.74, 6) is -4.42. The number of esters is 1. The Morgan fingerprint density at radius 3 is 2.58 bits per heavy atom. The summed E-state index contributed by atoms with van der Waals surface area (Å²) in [6.45, 7) is 3.93. The molecule has 166 valence electrons. The van der Waals surface area contributed by atoms with Gasteiger partial charge in [-0.25, -0.2) is 4.79 Å². The Hall–Kier alpha value is -2.91. The Labute approximate surface area is 182 Å². The Morgan fingerprint density at radius 2 is 1.97 bits per heavy atom. The third kappa shape index (κ3) is 4.72. The van der Waals surface area contributed by atoms with Crippen molar-refractivity contribution >= 4 is 46.1 Å². The van der Waals surface area contributed by atoms with Crippen molar-refractivity contribution in [3.05, 3.63) is 34.5 Å². The van der Waals surface area contributed by atoms with Gasteiger partial charge < -0.3 is 25.8 Å². The number of nitrogens with two attached hydrogens (primary N) is 1. The van der Waals surface area contributed by atoms with Crippen LogP contribution in [0, 0.1) is 5.41 Å². The smallest absolute Gasteiger partial charge is 0.336 e. The molecule has 1 aliphatic rings. The Balaban J connectivity index is 1.97. The van der Waals surface area contributed by atoms with Crippen LogP contribution in [0.3, 0.4) is 0 Å². The molecular weight excluding hydrogens is 428 g/mol. The number of carbonyl (C=O) groups is 3. The molecule has 10 heteroatoms. The van der Waals surface area contributed by atoms with Crippen LogP contribution in [0.4, 0.5) is 5.69 Å². The molecule has 1 aromatic heterocycles. The van der Waals surface area contributed by atoms with Gasteiger partial charge in [-0.2, -0.15) is 0 Å². The third-order valence-corrected chi connectivity index (χ3v) is 5.60. The fraction of sp³-hybridized carbons (Fsp3) is 0.429. The monoisotopic (exact) mass is 450 g/mol. The molecule has 5 N–H and O–H groups in total. The number of anilines is 1. The van der Waals surface area contributed by atoms with Crippen LogP contribution in [-0.4, -0.2) is 43.8 Å². The summed E-state index contributed by atoms with van der Waals surface area (Å²) in [6, 6.07) is 5.07. The number of fused-ring (bicyclic) bond motifs is 2. The summed E-state index contributed by atoms with van der Waals surface area (Å²) >= 11 is 6.07. The highest BCUT2D eigenvalue weighted by molar-refractivity contribution is 6.31. The normalized spacial score (nSPS) is 19.3. The van der Waals surface area contributed by atoms with Crippen LogP contribution in [0.5, 0.6) is 0 Å². The van der Waals surface area contributed by atoms with Crippen molar-refractivity contribution in [1.29, 1.82) is 0 Å². The number of nitrogen functional groups attached to an aromatic ring is 1. The number of pyridine rings is 1. The van der Waals surface area contributed by atoms with E-state index in [0.29, 0.717) is 45.7 Å². The quantitative estimate of drug-likeness (QED) is 0.485. The van der Waals surface area contributed by atoms with Crippen molar-refractivity contribution in [1.82, 2.24) is 4.98 Å². The second-order valence-corrected chi connectivity index (χ2v) is 9.09. The topological polar surface area (TPSA) is 160 Å². The molecule has 0 saturated heterocycles. The van der Waals surface area contributed by atoms with Gasteiger partial charge in [-0.3, -0.25) is 14.6 Å². The largest absolute Gasteiger partial charge is 0.481 e. The number of hydrogen-bond acceptors (Lipinski definition) is 7. The zero-order valence-corrected chi connectivity index (χ0v) is 17.8. The number of ether oxygens (including phenoxy) is 1. The molecule has 1 aromatic carbocycles. The summed E-state index contributed by atoms with van der Waals surface area (Å²) < 4.78 is 5.53. The van der Waals surface area contributed by atoms with Crippen LogP contribution in [0.15, 0.2) is 18.2 Å². The number of rotatable bonds is 6. The summed E-state index contributed by atoms with van der Waals surface area (Å²) in [4.78, 5) is 39.5. The molecule has 9 nitrogen and oxygen atoms in total. The van der Waals surface area contributed by atoms with Crippen LogP contribution < -0.4 is 5.73 Å². The number of halogens is 1. The summed E-state index contributed by atoms with van der Waals surface area (Å²) in [6.07, 6.45) is -2.03. The van der Waals surface area contributed by atoms with Gasteiger partial charge in [-0.05, 0) is 36.5 Å². The van der Waals surface area contributed by atoms with Gasteiger partial charge >= 0.3 is 17.9 Å². The summed E-state index contributed by atoms with van der Waals surface area (Å²) in [5.41, 5.74) is 5.45. The lowest BCUT2D eigenvalue weighted by Crippen LogP contribution is -2.43. The van der Waals surface area contributed by atoms with Crippen LogP contribution >= 0.6 is 11.6 Å². The van der Waals surface area contributed by atoms with Crippen molar-refractivity contribution in [2.24, 2.45) is 5.41 Å². The zero-order valence-electron chi connectivity index (χ0n) is 17.0. The van der Waals surface area contributed by atoms with E-state index in [0.717, 1.165) is 0 Å². The van der Waals surface area contributed by atoms with Crippen LogP contribution in [0.2, 0.25) is 5.02 Å². The fourth-order valence-corrected chi connectivity index (χ4v) is 4.12. The first kappa shape index (κ1) is 22.8. The molecule has 0 saturated carbocycles. The lowest BCUT2D eigenvalue weighted by Gasteiger charge is -2.37. The average Bonchev–Trinajstić information content (AvgIpc) is 2.58. The van der Waals surface area contributed by atoms with Gasteiger partial charge in [0.1, 0.15) is 6.10 Å². The number of aliphatic hydroxyl groups is 1. The van der Waals surface area contributed by atoms with Crippen molar-refractivity contribution in [3.63, 3.8) is 0 Å². The van der Waals surface area contributed by atoms with Gasteiger partial charge in [0, 0.05) is 21.7 Å². The van der Waals surface area contributed by atoms with Gasteiger partial charge in [0.2, 0.25) is 0 Å². The maximum Gasteiger partial charge on any atom is 0.336 e. The molecular formula is C21H23ClN2O7. The minimum absolute atomic E-state index is 0.312. The van der Waals surface area contributed by atoms with Gasteiger partial charge in [-0.1, -0.05) is 25.4 Å². The number of aromatic nitrogens is 1. The van der Waals surface area contributed by atoms with E-state index in [9.17, 15) is 24.6 Å². The molecule has 2 unspecified atom stereocenters. The fourth-order valence-electron chi connectivity index (χ4n) is 3.96. The van der Waals surface area contributed by atoms with Crippen molar-refractivity contribution in [2.75, 3.05) is 5.73 Å². The van der Waals surface area contributed by atoms with E-state index in [1.165, 1.54) is 0 Å². The van der Waals surface area contributed by atoms with Gasteiger partial charge in [-0.15, -0.1) is 0 Å². The zero-order chi connectivity index (χ0) is 23.1. The first-order chi connectivity index (χ1) is 14.3. The molecule has 3 rings (SSSR count). The summed E-state index contributed by atoms with van der Waals surface area (Å²) in [5, 5.41) is 29.4. The maximum atomic E-state index is 12.5. The van der Waals surface area contributed by atoms with Crippen molar-refractivity contribution in [3.8, 4) is 0 Å². The van der Waals surface area contributed by atoms with E-state index < -0.39 is 42.5 Å². The molecule has 2 atom stereocenters. The average molecular weight is 451 g/mol. The molecule has 0 bridgehead atoms. The number of carbonyl (C=O) groups excluding carboxylic acids is 1. The predicted molar refractivity (Wildman–Crippen MR) is 112 cm³/mol. The number of hydrogen-bond donors (Lipinski definition) is 4. The molecule has 2 aromatic rings. The summed E-state index contributed by atoms with van der Waals surface area (Å²) in [7, 11) is 0. The minimum Gasteiger partial charge on any atom is -0.481 e. The molecule has 1 aliphatic carbocycles. The number of benzene rings is 1. The molecule has 0 fully saturated rings. The lowest BCUT2D eigenvalue weighted by molar-refractivity contribution is -0.174. The predicted octanol–water partition coefficient (Wildman–Crippen LogP) is 2.71. The third-order valence-electron chi connectivity index (χ3n) is 5.36. The Morgan fingerprint density at radius 1 is 1.29 bits per heavy atom. The van der Waals surface area contributed by atoms with Crippen molar-refractivity contribution in [2.45, 2.75) is 51.2 Å². The molecule has 0 aliphatic heterocycles. The SMILES string of the molecule is CC1(C)Cc2nc3cc(Cl)ccc3c(N)c2C(OC(=O)CC(O)(CC(=O)O)C(=O)O)C1. The second kappa shape index (κ2) is 7.97. The number of carboxylic acid groups (broad SMARTS) is 2. The van der Waals surface area contributed by atoms with Gasteiger partial charge in [0.05, 0.1) is 24.1 Å².